The van der Waals surface area contributed by atoms with Crippen LogP contribution in [0.1, 0.15) is 23.3 Å². The summed E-state index contributed by atoms with van der Waals surface area (Å²) in [5, 5.41) is 13.9. The summed E-state index contributed by atoms with van der Waals surface area (Å²) in [6.45, 7) is 0. The maximum Gasteiger partial charge on any atom is 0.236 e. The largest absolute Gasteiger partial charge is 0.300 e. The van der Waals surface area contributed by atoms with Gasteiger partial charge in [-0.2, -0.15) is 0 Å². The molecule has 0 saturated heterocycles. The van der Waals surface area contributed by atoms with Crippen LogP contribution in [0.2, 0.25) is 0 Å². The van der Waals surface area contributed by atoms with Gasteiger partial charge in [-0.1, -0.05) is 59.5 Å². The van der Waals surface area contributed by atoms with Gasteiger partial charge in [0.25, 0.3) is 0 Å². The van der Waals surface area contributed by atoms with Gasteiger partial charge in [0.05, 0.1) is 5.41 Å². The number of nitrogens with one attached hydrogen (secondary N) is 1. The Morgan fingerprint density at radius 1 is 1.17 bits per heavy atom. The van der Waals surface area contributed by atoms with Crippen LogP contribution in [0.5, 0.6) is 0 Å². The number of hydrogen-bond acceptors (Lipinski definition) is 6. The Bertz CT molecular complexity index is 826. The zero-order valence-corrected chi connectivity index (χ0v) is 15.2. The summed E-state index contributed by atoms with van der Waals surface area (Å²) in [6.07, 6.45) is 1.78. The molecule has 1 N–H and O–H groups in total. The van der Waals surface area contributed by atoms with Crippen LogP contribution >= 0.6 is 34.4 Å². The van der Waals surface area contributed by atoms with Crippen molar-refractivity contribution in [2.24, 2.45) is 0 Å². The van der Waals surface area contributed by atoms with Gasteiger partial charge in [-0.15, -0.1) is 21.5 Å². The van der Waals surface area contributed by atoms with Crippen LogP contribution in [-0.4, -0.2) is 16.1 Å². The highest BCUT2D eigenvalue weighted by molar-refractivity contribution is 8.00. The first-order valence-corrected chi connectivity index (χ1v) is 10.3. The Labute approximate surface area is 152 Å². The lowest BCUT2D eigenvalue weighted by atomic mass is 9.95. The molecule has 0 bridgehead atoms. The fraction of sp³-hybridized carbons (Fsp3) is 0.235. The van der Waals surface area contributed by atoms with E-state index in [1.807, 2.05) is 36.4 Å². The summed E-state index contributed by atoms with van der Waals surface area (Å²) in [7, 11) is 0. The molecule has 0 aliphatic heterocycles. The van der Waals surface area contributed by atoms with Crippen molar-refractivity contribution in [3.8, 4) is 0 Å². The van der Waals surface area contributed by atoms with Crippen LogP contribution in [0.3, 0.4) is 0 Å². The Morgan fingerprint density at radius 3 is 2.71 bits per heavy atom. The number of amides is 1. The smallest absolute Gasteiger partial charge is 0.236 e. The minimum atomic E-state index is -0.378. The van der Waals surface area contributed by atoms with E-state index in [2.05, 4.69) is 27.0 Å². The minimum Gasteiger partial charge on any atom is -0.300 e. The first kappa shape index (κ1) is 15.8. The number of benzene rings is 1. The van der Waals surface area contributed by atoms with Crippen molar-refractivity contribution in [2.75, 3.05) is 5.32 Å². The van der Waals surface area contributed by atoms with Crippen molar-refractivity contribution in [1.29, 1.82) is 0 Å². The van der Waals surface area contributed by atoms with Crippen LogP contribution in [0.15, 0.2) is 52.2 Å². The quantitative estimate of drug-likeness (QED) is 0.508. The molecule has 1 saturated carbocycles. The standard InChI is InChI=1S/C17H15N3OS3/c21-14(17(8-9-17)12-5-2-1-3-6-12)18-15-19-20-16(24-15)23-11-13-7-4-10-22-13/h1-7,10H,8-9,11H2,(H,18,19,21). The third kappa shape index (κ3) is 3.24. The first-order chi connectivity index (χ1) is 11.8. The maximum absolute atomic E-state index is 12.7. The van der Waals surface area contributed by atoms with Gasteiger partial charge in [0, 0.05) is 10.6 Å². The van der Waals surface area contributed by atoms with E-state index in [4.69, 9.17) is 0 Å². The molecule has 1 aliphatic carbocycles. The van der Waals surface area contributed by atoms with E-state index in [0.29, 0.717) is 5.13 Å². The van der Waals surface area contributed by atoms with Gasteiger partial charge >= 0.3 is 0 Å². The number of thioether (sulfide) groups is 1. The molecule has 4 nitrogen and oxygen atoms in total. The lowest BCUT2D eigenvalue weighted by molar-refractivity contribution is -0.118. The number of anilines is 1. The third-order valence-electron chi connectivity index (χ3n) is 4.06. The molecule has 4 rings (SSSR count). The predicted molar refractivity (Wildman–Crippen MR) is 99.8 cm³/mol. The molecule has 7 heteroatoms. The fourth-order valence-corrected chi connectivity index (χ4v) is 5.11. The fourth-order valence-electron chi connectivity index (χ4n) is 2.59. The lowest BCUT2D eigenvalue weighted by Crippen LogP contribution is -2.27. The molecule has 1 amide bonds. The normalized spacial score (nSPS) is 15.2. The number of carbonyl (C=O) groups excluding carboxylic acids is 1. The first-order valence-electron chi connectivity index (χ1n) is 7.62. The molecule has 0 unspecified atom stereocenters. The van der Waals surface area contributed by atoms with Gasteiger partial charge < -0.3 is 0 Å². The van der Waals surface area contributed by atoms with Crippen molar-refractivity contribution >= 4 is 45.5 Å². The third-order valence-corrected chi connectivity index (χ3v) is 7.14. The number of rotatable bonds is 6. The van der Waals surface area contributed by atoms with Gasteiger partial charge in [-0.05, 0) is 29.9 Å². The van der Waals surface area contributed by atoms with E-state index in [1.165, 1.54) is 16.2 Å². The number of carbonyl (C=O) groups is 1. The summed E-state index contributed by atoms with van der Waals surface area (Å²) >= 11 is 4.82. The van der Waals surface area contributed by atoms with Crippen LogP contribution in [-0.2, 0) is 16.0 Å². The van der Waals surface area contributed by atoms with Gasteiger partial charge in [-0.3, -0.25) is 10.1 Å². The molecule has 0 radical (unpaired) electrons. The predicted octanol–water partition coefficient (Wildman–Crippen LogP) is 4.56. The zero-order valence-electron chi connectivity index (χ0n) is 12.8. The molecule has 1 aromatic carbocycles. The highest BCUT2D eigenvalue weighted by Crippen LogP contribution is 2.49. The average molecular weight is 374 g/mol. The maximum atomic E-state index is 12.7. The van der Waals surface area contributed by atoms with Gasteiger partial charge in [0.2, 0.25) is 11.0 Å². The molecular formula is C17H15N3OS3. The summed E-state index contributed by atoms with van der Waals surface area (Å²) in [6, 6.07) is 14.1. The van der Waals surface area contributed by atoms with Gasteiger partial charge in [0.15, 0.2) is 4.34 Å². The van der Waals surface area contributed by atoms with E-state index < -0.39 is 0 Å². The molecular weight excluding hydrogens is 358 g/mol. The zero-order chi connectivity index (χ0) is 16.4. The van der Waals surface area contributed by atoms with Gasteiger partial charge in [-0.25, -0.2) is 0 Å². The summed E-state index contributed by atoms with van der Waals surface area (Å²) in [4.78, 5) is 14.0. The van der Waals surface area contributed by atoms with E-state index in [1.54, 1.807) is 23.1 Å². The molecule has 2 aromatic heterocycles. The Balaban J connectivity index is 1.40. The Hall–Kier alpha value is -1.70. The summed E-state index contributed by atoms with van der Waals surface area (Å²) in [5.41, 5.74) is 0.705. The van der Waals surface area contributed by atoms with E-state index >= 15 is 0 Å². The molecule has 0 atom stereocenters. The highest BCUT2D eigenvalue weighted by atomic mass is 32.2. The topological polar surface area (TPSA) is 54.9 Å². The molecule has 122 valence electrons. The van der Waals surface area contributed by atoms with Crippen molar-refractivity contribution in [1.82, 2.24) is 10.2 Å². The Morgan fingerprint density at radius 2 is 2.00 bits per heavy atom. The SMILES string of the molecule is O=C(Nc1nnc(SCc2cccs2)s1)C1(c2ccccc2)CC1. The second-order valence-electron chi connectivity index (χ2n) is 5.64. The number of nitrogens with zero attached hydrogens (tertiary/aromatic N) is 2. The van der Waals surface area contributed by atoms with Crippen molar-refractivity contribution in [2.45, 2.75) is 28.3 Å². The highest BCUT2D eigenvalue weighted by Gasteiger charge is 2.51. The lowest BCUT2D eigenvalue weighted by Gasteiger charge is -2.13. The van der Waals surface area contributed by atoms with E-state index in [0.717, 1.165) is 28.5 Å². The monoisotopic (exact) mass is 373 g/mol. The molecule has 1 aliphatic rings. The molecule has 2 heterocycles. The molecule has 0 spiro atoms. The summed E-state index contributed by atoms with van der Waals surface area (Å²) < 4.78 is 0.878. The van der Waals surface area contributed by atoms with Crippen molar-refractivity contribution < 1.29 is 4.79 Å². The van der Waals surface area contributed by atoms with Crippen LogP contribution in [0.25, 0.3) is 0 Å². The second-order valence-corrected chi connectivity index (χ2v) is 8.88. The van der Waals surface area contributed by atoms with Crippen LogP contribution in [0.4, 0.5) is 5.13 Å². The van der Waals surface area contributed by atoms with Crippen LogP contribution < -0.4 is 5.32 Å². The van der Waals surface area contributed by atoms with E-state index in [-0.39, 0.29) is 11.3 Å². The van der Waals surface area contributed by atoms with Gasteiger partial charge in [0.1, 0.15) is 0 Å². The Kier molecular flexibility index (Phi) is 4.39. The van der Waals surface area contributed by atoms with E-state index in [9.17, 15) is 4.79 Å². The van der Waals surface area contributed by atoms with Crippen LogP contribution in [0, 0.1) is 0 Å². The summed E-state index contributed by atoms with van der Waals surface area (Å²) in [5.74, 6) is 0.911. The molecule has 3 aromatic rings. The molecule has 24 heavy (non-hydrogen) atoms. The number of hydrogen-bond donors (Lipinski definition) is 1. The van der Waals surface area contributed by atoms with Crippen molar-refractivity contribution in [3.05, 3.63) is 58.3 Å². The molecule has 1 fully saturated rings. The van der Waals surface area contributed by atoms with Crippen molar-refractivity contribution in [3.63, 3.8) is 0 Å². The number of thiophene rings is 1. The average Bonchev–Trinajstić information content (AvgIpc) is 3.03. The number of aromatic nitrogens is 2. The minimum absolute atomic E-state index is 0.0275. The second kappa shape index (κ2) is 6.66.